The first kappa shape index (κ1) is 24.5. The van der Waals surface area contributed by atoms with Crippen LogP contribution in [0.15, 0.2) is 36.4 Å². The van der Waals surface area contributed by atoms with E-state index in [0.29, 0.717) is 0 Å². The summed E-state index contributed by atoms with van der Waals surface area (Å²) in [5.74, 6) is -4.38. The summed E-state index contributed by atoms with van der Waals surface area (Å²) in [7, 11) is 0. The first-order chi connectivity index (χ1) is 15.3. The van der Waals surface area contributed by atoms with Crippen LogP contribution in [-0.4, -0.2) is 23.9 Å². The molecule has 0 saturated heterocycles. The van der Waals surface area contributed by atoms with Crippen LogP contribution in [0, 0.1) is 5.82 Å². The Bertz CT molecular complexity index is 976. The summed E-state index contributed by atoms with van der Waals surface area (Å²) in [6.45, 7) is 4.29. The van der Waals surface area contributed by atoms with Crippen molar-refractivity contribution >= 4 is 23.9 Å². The molecule has 170 valence electrons. The molecule has 0 atom stereocenters. The van der Waals surface area contributed by atoms with Gasteiger partial charge < -0.3 is 18.9 Å². The van der Waals surface area contributed by atoms with Crippen molar-refractivity contribution in [1.29, 1.82) is 0 Å². The van der Waals surface area contributed by atoms with Gasteiger partial charge in [0, 0.05) is 24.8 Å². The van der Waals surface area contributed by atoms with E-state index in [0.717, 1.165) is 12.1 Å². The third-order valence-electron chi connectivity index (χ3n) is 4.10. The van der Waals surface area contributed by atoms with Gasteiger partial charge >= 0.3 is 23.9 Å². The van der Waals surface area contributed by atoms with Crippen LogP contribution in [-0.2, 0) is 25.7 Å². The zero-order valence-corrected chi connectivity index (χ0v) is 17.9. The molecular weight excluding hydrogens is 423 g/mol. The minimum atomic E-state index is -0.899. The van der Waals surface area contributed by atoms with Gasteiger partial charge in [-0.25, -0.2) is 9.18 Å². The largest absolute Gasteiger partial charge is 0.457 e. The Morgan fingerprint density at radius 1 is 0.781 bits per heavy atom. The fraction of sp³-hybridized carbons (Fsp3) is 0.304. The Balaban J connectivity index is 2.45. The van der Waals surface area contributed by atoms with Crippen LogP contribution < -0.4 is 14.2 Å². The third-order valence-corrected chi connectivity index (χ3v) is 4.10. The smallest absolute Gasteiger partial charge is 0.338 e. The zero-order valence-electron chi connectivity index (χ0n) is 17.9. The summed E-state index contributed by atoms with van der Waals surface area (Å²) in [6, 6.07) is 8.02. The van der Waals surface area contributed by atoms with Gasteiger partial charge in [0.05, 0.1) is 5.56 Å². The number of esters is 4. The Morgan fingerprint density at radius 2 is 1.28 bits per heavy atom. The fourth-order valence-electron chi connectivity index (χ4n) is 2.36. The van der Waals surface area contributed by atoms with Gasteiger partial charge in [0.2, 0.25) is 5.75 Å². The predicted molar refractivity (Wildman–Crippen MR) is 110 cm³/mol. The molecule has 0 radical (unpaired) electrons. The highest BCUT2D eigenvalue weighted by atomic mass is 19.1. The molecular formula is C23H23FO8. The van der Waals surface area contributed by atoms with Crippen LogP contribution in [0.3, 0.4) is 0 Å². The molecule has 2 rings (SSSR count). The summed E-state index contributed by atoms with van der Waals surface area (Å²) < 4.78 is 34.5. The highest BCUT2D eigenvalue weighted by Crippen LogP contribution is 2.40. The van der Waals surface area contributed by atoms with E-state index < -0.39 is 29.7 Å². The quantitative estimate of drug-likeness (QED) is 0.418. The molecule has 0 aliphatic carbocycles. The van der Waals surface area contributed by atoms with E-state index in [4.69, 9.17) is 18.9 Å². The minimum absolute atomic E-state index is 0.00520. The SMILES string of the molecule is CCC(=O)Oc1cc(C(=O)OCc2ccccc2F)cc(OC(=O)CC)c1OC(=O)CC. The van der Waals surface area contributed by atoms with Gasteiger partial charge in [-0.3, -0.25) is 14.4 Å². The summed E-state index contributed by atoms with van der Waals surface area (Å²) in [5.41, 5.74) is 0.0000531. The van der Waals surface area contributed by atoms with Crippen LogP contribution in [0.1, 0.15) is 56.0 Å². The maximum atomic E-state index is 13.8. The normalized spacial score (nSPS) is 10.2. The lowest BCUT2D eigenvalue weighted by Gasteiger charge is -2.16. The minimum Gasteiger partial charge on any atom is -0.457 e. The molecule has 0 unspecified atom stereocenters. The topological polar surface area (TPSA) is 105 Å². The molecule has 9 heteroatoms. The summed E-state index contributed by atoms with van der Waals surface area (Å²) in [4.78, 5) is 48.2. The number of carbonyl (C=O) groups is 4. The molecule has 2 aromatic carbocycles. The van der Waals surface area contributed by atoms with Crippen molar-refractivity contribution in [2.45, 2.75) is 46.6 Å². The second-order valence-corrected chi connectivity index (χ2v) is 6.45. The summed E-state index contributed by atoms with van der Waals surface area (Å²) >= 11 is 0. The van der Waals surface area contributed by atoms with Crippen LogP contribution in [0.25, 0.3) is 0 Å². The molecule has 0 amide bonds. The van der Waals surface area contributed by atoms with Crippen LogP contribution >= 0.6 is 0 Å². The molecule has 2 aromatic rings. The van der Waals surface area contributed by atoms with Crippen molar-refractivity contribution < 1.29 is 42.5 Å². The average molecular weight is 446 g/mol. The number of halogens is 1. The average Bonchev–Trinajstić information content (AvgIpc) is 2.79. The van der Waals surface area contributed by atoms with E-state index in [1.165, 1.54) is 18.2 Å². The summed E-state index contributed by atoms with van der Waals surface area (Å²) in [5, 5.41) is 0. The van der Waals surface area contributed by atoms with Crippen LogP contribution in [0.4, 0.5) is 4.39 Å². The maximum Gasteiger partial charge on any atom is 0.338 e. The molecule has 0 bridgehead atoms. The van der Waals surface area contributed by atoms with Crippen LogP contribution in [0.5, 0.6) is 17.2 Å². The van der Waals surface area contributed by atoms with Crippen molar-refractivity contribution in [3.05, 3.63) is 53.3 Å². The van der Waals surface area contributed by atoms with E-state index in [9.17, 15) is 23.6 Å². The van der Waals surface area contributed by atoms with E-state index in [-0.39, 0.29) is 54.2 Å². The molecule has 0 aliphatic heterocycles. The molecule has 0 saturated carbocycles. The molecule has 0 heterocycles. The van der Waals surface area contributed by atoms with E-state index >= 15 is 0 Å². The fourth-order valence-corrected chi connectivity index (χ4v) is 2.36. The molecule has 0 spiro atoms. The van der Waals surface area contributed by atoms with Gasteiger partial charge in [-0.1, -0.05) is 39.0 Å². The number of benzene rings is 2. The highest BCUT2D eigenvalue weighted by molar-refractivity contribution is 5.92. The first-order valence-electron chi connectivity index (χ1n) is 9.99. The molecule has 8 nitrogen and oxygen atoms in total. The standard InChI is InChI=1S/C23H23FO8/c1-4-19(25)30-17-11-15(23(28)29-13-14-9-7-8-10-16(14)24)12-18(31-20(26)5-2)22(17)32-21(27)6-3/h7-12H,4-6,13H2,1-3H3. The first-order valence-corrected chi connectivity index (χ1v) is 9.99. The van der Waals surface area contributed by atoms with Gasteiger partial charge in [0.15, 0.2) is 11.5 Å². The predicted octanol–water partition coefficient (Wildman–Crippen LogP) is 4.13. The van der Waals surface area contributed by atoms with Crippen molar-refractivity contribution in [2.24, 2.45) is 0 Å². The van der Waals surface area contributed by atoms with Crippen molar-refractivity contribution in [1.82, 2.24) is 0 Å². The Labute approximate surface area is 184 Å². The lowest BCUT2D eigenvalue weighted by molar-refractivity contribution is -0.137. The molecule has 0 aliphatic rings. The van der Waals surface area contributed by atoms with E-state index in [2.05, 4.69) is 0 Å². The lowest BCUT2D eigenvalue weighted by Crippen LogP contribution is -2.15. The monoisotopic (exact) mass is 446 g/mol. The van der Waals surface area contributed by atoms with Gasteiger partial charge in [-0.2, -0.15) is 0 Å². The van der Waals surface area contributed by atoms with E-state index in [1.807, 2.05) is 0 Å². The maximum absolute atomic E-state index is 13.8. The second kappa shape index (κ2) is 11.6. The molecule has 0 fully saturated rings. The molecule has 0 N–H and O–H groups in total. The van der Waals surface area contributed by atoms with Gasteiger partial charge in [-0.05, 0) is 18.2 Å². The Hall–Kier alpha value is -3.75. The van der Waals surface area contributed by atoms with Gasteiger partial charge in [0.25, 0.3) is 0 Å². The Morgan fingerprint density at radius 3 is 1.78 bits per heavy atom. The number of rotatable bonds is 9. The summed E-state index contributed by atoms with van der Waals surface area (Å²) in [6.07, 6.45) is -0.0187. The van der Waals surface area contributed by atoms with Gasteiger partial charge in [-0.15, -0.1) is 0 Å². The zero-order chi connectivity index (χ0) is 23.7. The van der Waals surface area contributed by atoms with E-state index in [1.54, 1.807) is 26.8 Å². The number of ether oxygens (including phenoxy) is 4. The lowest BCUT2D eigenvalue weighted by atomic mass is 10.1. The number of hydrogen-bond donors (Lipinski definition) is 0. The Kier molecular flexibility index (Phi) is 8.88. The second-order valence-electron chi connectivity index (χ2n) is 6.45. The van der Waals surface area contributed by atoms with Crippen molar-refractivity contribution in [2.75, 3.05) is 0 Å². The van der Waals surface area contributed by atoms with Crippen molar-refractivity contribution in [3.63, 3.8) is 0 Å². The number of carbonyl (C=O) groups excluding carboxylic acids is 4. The number of hydrogen-bond acceptors (Lipinski definition) is 8. The highest BCUT2D eigenvalue weighted by Gasteiger charge is 2.24. The van der Waals surface area contributed by atoms with Crippen molar-refractivity contribution in [3.8, 4) is 17.2 Å². The third kappa shape index (κ3) is 6.63. The van der Waals surface area contributed by atoms with Gasteiger partial charge in [0.1, 0.15) is 12.4 Å². The molecule has 0 aromatic heterocycles. The molecule has 32 heavy (non-hydrogen) atoms. The van der Waals surface area contributed by atoms with Crippen LogP contribution in [0.2, 0.25) is 0 Å².